The molecule has 3 rings (SSSR count). The molecule has 1 aromatic carbocycles. The van der Waals surface area contributed by atoms with Gasteiger partial charge < -0.3 is 15.5 Å². The number of carbonyl (C=O) groups excluding carboxylic acids is 1. The largest absolute Gasteiger partial charge is 0.370 e. The van der Waals surface area contributed by atoms with E-state index in [-0.39, 0.29) is 18.3 Å². The fourth-order valence-electron chi connectivity index (χ4n) is 3.58. The second-order valence-corrected chi connectivity index (χ2v) is 7.53. The molecule has 1 fully saturated rings. The maximum atomic E-state index is 13.6. The van der Waals surface area contributed by atoms with Gasteiger partial charge in [-0.1, -0.05) is 25.1 Å². The summed E-state index contributed by atoms with van der Waals surface area (Å²) in [6, 6.07) is 8.54. The molecule has 1 aromatic heterocycles. The zero-order chi connectivity index (χ0) is 20.5. The quantitative estimate of drug-likeness (QED) is 0.672. The van der Waals surface area contributed by atoms with Gasteiger partial charge in [0, 0.05) is 44.2 Å². The van der Waals surface area contributed by atoms with Crippen molar-refractivity contribution in [3.8, 4) is 0 Å². The van der Waals surface area contributed by atoms with Crippen molar-refractivity contribution in [2.45, 2.75) is 45.6 Å². The first-order valence-corrected chi connectivity index (χ1v) is 10.5. The van der Waals surface area contributed by atoms with Crippen LogP contribution < -0.4 is 15.5 Å². The first-order valence-electron chi connectivity index (χ1n) is 10.5. The van der Waals surface area contributed by atoms with Crippen LogP contribution in [0.1, 0.15) is 44.6 Å². The summed E-state index contributed by atoms with van der Waals surface area (Å²) in [5, 5.41) is 6.12. The van der Waals surface area contributed by atoms with E-state index < -0.39 is 0 Å². The third kappa shape index (κ3) is 6.41. The third-order valence-electron chi connectivity index (χ3n) is 5.36. The molecular formula is C22H30FN5O. The van der Waals surface area contributed by atoms with E-state index in [0.29, 0.717) is 17.9 Å². The second-order valence-electron chi connectivity index (χ2n) is 7.53. The number of hydrogen-bond donors (Lipinski definition) is 2. The number of aromatic nitrogens is 2. The van der Waals surface area contributed by atoms with E-state index in [1.807, 2.05) is 6.07 Å². The van der Waals surface area contributed by atoms with Crippen molar-refractivity contribution in [1.82, 2.24) is 15.3 Å². The van der Waals surface area contributed by atoms with Crippen LogP contribution in [0.5, 0.6) is 0 Å². The van der Waals surface area contributed by atoms with Gasteiger partial charge in [0.05, 0.1) is 0 Å². The Hall–Kier alpha value is -2.70. The van der Waals surface area contributed by atoms with Crippen molar-refractivity contribution in [2.75, 3.05) is 29.9 Å². The summed E-state index contributed by atoms with van der Waals surface area (Å²) < 4.78 is 13.6. The highest BCUT2D eigenvalue weighted by atomic mass is 19.1. The van der Waals surface area contributed by atoms with E-state index in [1.165, 1.54) is 6.07 Å². The van der Waals surface area contributed by atoms with Crippen molar-refractivity contribution in [2.24, 2.45) is 5.92 Å². The van der Waals surface area contributed by atoms with Crippen LogP contribution in [0, 0.1) is 11.7 Å². The molecule has 2 N–H and O–H groups in total. The Morgan fingerprint density at radius 3 is 2.79 bits per heavy atom. The number of halogens is 1. The Labute approximate surface area is 171 Å². The minimum absolute atomic E-state index is 0.0156. The highest BCUT2D eigenvalue weighted by Crippen LogP contribution is 2.25. The molecule has 6 nitrogen and oxygen atoms in total. The number of hydrogen-bond acceptors (Lipinski definition) is 5. The topological polar surface area (TPSA) is 70.2 Å². The number of amides is 1. The minimum Gasteiger partial charge on any atom is -0.370 e. The lowest BCUT2D eigenvalue weighted by Gasteiger charge is -2.32. The average Bonchev–Trinajstić information content (AvgIpc) is 2.76. The highest BCUT2D eigenvalue weighted by molar-refractivity contribution is 5.75. The summed E-state index contributed by atoms with van der Waals surface area (Å²) in [4.78, 5) is 23.1. The van der Waals surface area contributed by atoms with Crippen LogP contribution in [0.4, 0.5) is 16.0 Å². The molecule has 0 saturated carbocycles. The van der Waals surface area contributed by atoms with Crippen molar-refractivity contribution in [3.63, 3.8) is 0 Å². The fraction of sp³-hybridized carbons (Fsp3) is 0.500. The zero-order valence-electron chi connectivity index (χ0n) is 17.0. The summed E-state index contributed by atoms with van der Waals surface area (Å²) in [7, 11) is 0. The molecule has 7 heteroatoms. The Bertz CT molecular complexity index is 792. The van der Waals surface area contributed by atoms with Crippen molar-refractivity contribution in [3.05, 3.63) is 48.0 Å². The van der Waals surface area contributed by atoms with E-state index >= 15 is 0 Å². The van der Waals surface area contributed by atoms with Gasteiger partial charge in [-0.3, -0.25) is 4.79 Å². The summed E-state index contributed by atoms with van der Waals surface area (Å²) >= 11 is 0. The number of carbonyl (C=O) groups is 1. The van der Waals surface area contributed by atoms with E-state index in [0.717, 1.165) is 57.0 Å². The Morgan fingerprint density at radius 2 is 2.03 bits per heavy atom. The summed E-state index contributed by atoms with van der Waals surface area (Å²) in [5.41, 5.74) is 0.520. The van der Waals surface area contributed by atoms with E-state index in [9.17, 15) is 9.18 Å². The number of nitrogens with one attached hydrogen (secondary N) is 2. The molecule has 1 amide bonds. The third-order valence-corrected chi connectivity index (χ3v) is 5.36. The van der Waals surface area contributed by atoms with E-state index in [4.69, 9.17) is 0 Å². The standard InChI is InChI=1S/C22H30FN5O/c1-2-11-24-20-14-21(27-16-26-20)28-12-9-17(10-13-28)7-8-22(29)25-15-18-5-3-4-6-19(18)23/h3-6,14,16-17H,2,7-13,15H2,1H3,(H,25,29)(H,24,26,27). The van der Waals surface area contributed by atoms with Crippen LogP contribution in [0.3, 0.4) is 0 Å². The monoisotopic (exact) mass is 399 g/mol. The number of benzene rings is 1. The van der Waals surface area contributed by atoms with Gasteiger partial charge in [-0.05, 0) is 37.7 Å². The van der Waals surface area contributed by atoms with Crippen molar-refractivity contribution in [1.29, 1.82) is 0 Å². The predicted octanol–water partition coefficient (Wildman–Crippen LogP) is 3.75. The van der Waals surface area contributed by atoms with Crippen LogP contribution in [0.2, 0.25) is 0 Å². The van der Waals surface area contributed by atoms with Crippen LogP contribution >= 0.6 is 0 Å². The second kappa shape index (κ2) is 10.7. The highest BCUT2D eigenvalue weighted by Gasteiger charge is 2.21. The van der Waals surface area contributed by atoms with Crippen LogP contribution in [0.15, 0.2) is 36.7 Å². The zero-order valence-corrected chi connectivity index (χ0v) is 17.0. The van der Waals surface area contributed by atoms with Crippen LogP contribution in [-0.4, -0.2) is 35.5 Å². The van der Waals surface area contributed by atoms with Crippen molar-refractivity contribution >= 4 is 17.5 Å². The maximum absolute atomic E-state index is 13.6. The van der Waals surface area contributed by atoms with Gasteiger partial charge in [-0.25, -0.2) is 14.4 Å². The SMILES string of the molecule is CCCNc1cc(N2CCC(CCC(=O)NCc3ccccc3F)CC2)ncn1. The predicted molar refractivity (Wildman–Crippen MR) is 113 cm³/mol. The maximum Gasteiger partial charge on any atom is 0.220 e. The van der Waals surface area contributed by atoms with Gasteiger partial charge in [0.25, 0.3) is 0 Å². The molecule has 0 spiro atoms. The molecule has 0 atom stereocenters. The van der Waals surface area contributed by atoms with E-state index in [1.54, 1.807) is 24.5 Å². The number of piperidine rings is 1. The first-order chi connectivity index (χ1) is 14.2. The summed E-state index contributed by atoms with van der Waals surface area (Å²) in [5.74, 6) is 2.06. The molecule has 0 unspecified atom stereocenters. The normalized spacial score (nSPS) is 14.6. The average molecular weight is 400 g/mol. The van der Waals surface area contributed by atoms with Crippen molar-refractivity contribution < 1.29 is 9.18 Å². The molecule has 0 radical (unpaired) electrons. The van der Waals surface area contributed by atoms with Gasteiger partial charge >= 0.3 is 0 Å². The van der Waals surface area contributed by atoms with Gasteiger partial charge in [0.15, 0.2) is 0 Å². The van der Waals surface area contributed by atoms with E-state index in [2.05, 4.69) is 32.4 Å². The molecule has 1 aliphatic heterocycles. The minimum atomic E-state index is -0.280. The fourth-order valence-corrected chi connectivity index (χ4v) is 3.58. The summed E-state index contributed by atoms with van der Waals surface area (Å²) in [6.07, 6.45) is 6.10. The molecule has 1 saturated heterocycles. The van der Waals surface area contributed by atoms with Gasteiger partial charge in [-0.15, -0.1) is 0 Å². The first kappa shape index (κ1) is 21.0. The molecule has 156 valence electrons. The number of anilines is 2. The van der Waals surface area contributed by atoms with Gasteiger partial charge in [0.2, 0.25) is 5.91 Å². The molecular weight excluding hydrogens is 369 g/mol. The molecule has 2 aromatic rings. The number of rotatable bonds is 9. The summed E-state index contributed by atoms with van der Waals surface area (Å²) in [6.45, 7) is 5.14. The molecule has 0 aliphatic carbocycles. The number of nitrogens with zero attached hydrogens (tertiary/aromatic N) is 3. The molecule has 29 heavy (non-hydrogen) atoms. The Balaban J connectivity index is 1.38. The Kier molecular flexibility index (Phi) is 7.78. The Morgan fingerprint density at radius 1 is 1.24 bits per heavy atom. The lowest BCUT2D eigenvalue weighted by Crippen LogP contribution is -2.34. The molecule has 0 bridgehead atoms. The lowest BCUT2D eigenvalue weighted by atomic mass is 9.92. The van der Waals surface area contributed by atoms with Gasteiger partial charge in [-0.2, -0.15) is 0 Å². The molecule has 2 heterocycles. The lowest BCUT2D eigenvalue weighted by molar-refractivity contribution is -0.121. The van der Waals surface area contributed by atoms with Crippen LogP contribution in [-0.2, 0) is 11.3 Å². The smallest absolute Gasteiger partial charge is 0.220 e. The molecule has 1 aliphatic rings. The van der Waals surface area contributed by atoms with Crippen LogP contribution in [0.25, 0.3) is 0 Å². The van der Waals surface area contributed by atoms with Gasteiger partial charge in [0.1, 0.15) is 23.8 Å².